The average Bonchev–Trinajstić information content (AvgIpc) is 3.46. The second-order valence-electron chi connectivity index (χ2n) is 8.74. The number of H-pyrrole nitrogens is 1. The molecule has 0 bridgehead atoms. The fraction of sp³-hybridized carbons (Fsp3) is 0.417. The van der Waals surface area contributed by atoms with Gasteiger partial charge in [0, 0.05) is 43.9 Å². The molecule has 2 unspecified atom stereocenters. The number of carbonyl (C=O) groups is 2. The van der Waals surface area contributed by atoms with Crippen LogP contribution in [0.2, 0.25) is 0 Å². The van der Waals surface area contributed by atoms with Crippen molar-refractivity contribution in [2.75, 3.05) is 26.2 Å². The second-order valence-corrected chi connectivity index (χ2v) is 8.74. The lowest BCUT2D eigenvalue weighted by Crippen LogP contribution is -2.46. The number of carbonyl (C=O) groups excluding carboxylic acids is 2. The summed E-state index contributed by atoms with van der Waals surface area (Å²) in [5.74, 6) is 1.21. The fourth-order valence-electron chi connectivity index (χ4n) is 4.75. The lowest BCUT2D eigenvalue weighted by molar-refractivity contribution is -0.135. The van der Waals surface area contributed by atoms with E-state index in [2.05, 4.69) is 15.0 Å². The van der Waals surface area contributed by atoms with Gasteiger partial charge >= 0.3 is 0 Å². The quantitative estimate of drug-likeness (QED) is 0.710. The Morgan fingerprint density at radius 3 is 2.68 bits per heavy atom. The molecule has 0 aliphatic carbocycles. The predicted octanol–water partition coefficient (Wildman–Crippen LogP) is 3.13. The number of hydrogen-bond donors (Lipinski definition) is 1. The Labute approximate surface area is 181 Å². The van der Waals surface area contributed by atoms with Crippen LogP contribution in [-0.2, 0) is 4.79 Å². The molecule has 2 aliphatic heterocycles. The van der Waals surface area contributed by atoms with Crippen molar-refractivity contribution in [1.82, 2.24) is 24.8 Å². The van der Waals surface area contributed by atoms with Crippen molar-refractivity contribution in [3.8, 4) is 0 Å². The van der Waals surface area contributed by atoms with Gasteiger partial charge in [-0.1, -0.05) is 17.7 Å². The first-order valence-electron chi connectivity index (χ1n) is 11.0. The highest BCUT2D eigenvalue weighted by atomic mass is 16.2. The number of hydrogen-bond acceptors (Lipinski definition) is 4. The number of aromatic nitrogens is 3. The summed E-state index contributed by atoms with van der Waals surface area (Å²) in [6.45, 7) is 4.64. The van der Waals surface area contributed by atoms with E-state index in [1.807, 2.05) is 47.1 Å². The molecule has 31 heavy (non-hydrogen) atoms. The molecule has 2 fully saturated rings. The number of piperidine rings is 1. The van der Waals surface area contributed by atoms with Gasteiger partial charge in [-0.15, -0.1) is 0 Å². The maximum Gasteiger partial charge on any atom is 0.253 e. The Balaban J connectivity index is 1.23. The molecule has 0 radical (unpaired) electrons. The summed E-state index contributed by atoms with van der Waals surface area (Å²) in [5.41, 5.74) is 3.67. The molecule has 2 atom stereocenters. The van der Waals surface area contributed by atoms with Crippen molar-refractivity contribution >= 4 is 22.8 Å². The number of aromatic amines is 1. The minimum Gasteiger partial charge on any atom is -0.342 e. The first kappa shape index (κ1) is 19.7. The molecule has 160 valence electrons. The lowest BCUT2D eigenvalue weighted by Gasteiger charge is -2.34. The number of aryl methyl sites for hydroxylation is 1. The molecular formula is C24H27N5O2. The summed E-state index contributed by atoms with van der Waals surface area (Å²) < 4.78 is 0. The molecule has 1 N–H and O–H groups in total. The van der Waals surface area contributed by atoms with E-state index in [1.54, 1.807) is 12.4 Å². The largest absolute Gasteiger partial charge is 0.342 e. The van der Waals surface area contributed by atoms with Crippen molar-refractivity contribution in [1.29, 1.82) is 0 Å². The van der Waals surface area contributed by atoms with Crippen molar-refractivity contribution < 1.29 is 9.59 Å². The van der Waals surface area contributed by atoms with Gasteiger partial charge < -0.3 is 14.8 Å². The zero-order valence-corrected chi connectivity index (χ0v) is 17.8. The van der Waals surface area contributed by atoms with Crippen LogP contribution < -0.4 is 0 Å². The van der Waals surface area contributed by atoms with E-state index in [-0.39, 0.29) is 23.7 Å². The number of nitrogens with one attached hydrogen (secondary N) is 1. The molecule has 0 saturated carbocycles. The Morgan fingerprint density at radius 2 is 1.87 bits per heavy atom. The van der Waals surface area contributed by atoms with E-state index in [9.17, 15) is 9.59 Å². The number of fused-ring (bicyclic) bond motifs is 1. The molecule has 7 heteroatoms. The fourth-order valence-corrected chi connectivity index (χ4v) is 4.75. The zero-order valence-electron chi connectivity index (χ0n) is 17.8. The molecule has 7 nitrogen and oxygen atoms in total. The predicted molar refractivity (Wildman–Crippen MR) is 118 cm³/mol. The van der Waals surface area contributed by atoms with Gasteiger partial charge in [-0.2, -0.15) is 0 Å². The number of amides is 2. The van der Waals surface area contributed by atoms with Crippen LogP contribution in [0.15, 0.2) is 42.7 Å². The molecular weight excluding hydrogens is 390 g/mol. The SMILES string of the molecule is Cc1ccc(C(=O)N2CCCC(C(=O)N3CCC(c4nc5ccncc5[nH]4)C3)C2)cc1. The summed E-state index contributed by atoms with van der Waals surface area (Å²) in [5, 5.41) is 0. The Hall–Kier alpha value is -3.22. The Bertz CT molecular complexity index is 1070. The highest BCUT2D eigenvalue weighted by molar-refractivity contribution is 5.94. The number of likely N-dealkylation sites (tertiary alicyclic amines) is 2. The van der Waals surface area contributed by atoms with Crippen molar-refractivity contribution in [3.05, 3.63) is 59.7 Å². The number of benzene rings is 1. The van der Waals surface area contributed by atoms with Gasteiger partial charge in [0.1, 0.15) is 5.82 Å². The van der Waals surface area contributed by atoms with Crippen LogP contribution in [0.1, 0.15) is 46.9 Å². The number of imidazole rings is 1. The smallest absolute Gasteiger partial charge is 0.253 e. The van der Waals surface area contributed by atoms with Gasteiger partial charge in [-0.05, 0) is 44.4 Å². The average molecular weight is 418 g/mol. The molecule has 2 aliphatic rings. The van der Waals surface area contributed by atoms with E-state index < -0.39 is 0 Å². The van der Waals surface area contributed by atoms with Crippen LogP contribution in [0, 0.1) is 12.8 Å². The first-order valence-corrected chi connectivity index (χ1v) is 11.0. The van der Waals surface area contributed by atoms with E-state index in [4.69, 9.17) is 0 Å². The van der Waals surface area contributed by atoms with Gasteiger partial charge in [-0.25, -0.2) is 4.98 Å². The lowest BCUT2D eigenvalue weighted by atomic mass is 9.95. The highest BCUT2D eigenvalue weighted by Crippen LogP contribution is 2.29. The van der Waals surface area contributed by atoms with E-state index in [0.717, 1.165) is 48.2 Å². The zero-order chi connectivity index (χ0) is 21.4. The van der Waals surface area contributed by atoms with Crippen LogP contribution in [0.3, 0.4) is 0 Å². The Morgan fingerprint density at radius 1 is 1.03 bits per heavy atom. The van der Waals surface area contributed by atoms with Gasteiger partial charge in [0.05, 0.1) is 23.1 Å². The molecule has 3 aromatic rings. The number of pyridine rings is 1. The number of nitrogens with zero attached hydrogens (tertiary/aromatic N) is 4. The third-order valence-electron chi connectivity index (χ3n) is 6.54. The second kappa shape index (κ2) is 8.13. The maximum atomic E-state index is 13.2. The van der Waals surface area contributed by atoms with Gasteiger partial charge in [0.2, 0.25) is 5.91 Å². The van der Waals surface area contributed by atoms with Crippen molar-refractivity contribution in [2.45, 2.75) is 32.1 Å². The normalized spacial score (nSPS) is 21.6. The van der Waals surface area contributed by atoms with Crippen LogP contribution in [0.25, 0.3) is 11.0 Å². The van der Waals surface area contributed by atoms with Gasteiger partial charge in [-0.3, -0.25) is 14.6 Å². The standard InChI is InChI=1S/C24H27N5O2/c1-16-4-6-17(7-5-16)23(30)28-11-2-3-19(15-28)24(31)29-12-9-18(14-29)22-26-20-8-10-25-13-21(20)27-22/h4-8,10,13,18-19H,2-3,9,11-12,14-15H2,1H3,(H,26,27). The third-order valence-corrected chi connectivity index (χ3v) is 6.54. The summed E-state index contributed by atoms with van der Waals surface area (Å²) in [7, 11) is 0. The molecule has 5 rings (SSSR count). The van der Waals surface area contributed by atoms with Crippen LogP contribution in [0.4, 0.5) is 0 Å². The Kier molecular flexibility index (Phi) is 5.18. The van der Waals surface area contributed by atoms with Crippen LogP contribution >= 0.6 is 0 Å². The molecule has 2 saturated heterocycles. The maximum absolute atomic E-state index is 13.2. The van der Waals surface area contributed by atoms with Gasteiger partial charge in [0.25, 0.3) is 5.91 Å². The molecule has 2 aromatic heterocycles. The van der Waals surface area contributed by atoms with Crippen molar-refractivity contribution in [3.63, 3.8) is 0 Å². The van der Waals surface area contributed by atoms with Crippen LogP contribution in [0.5, 0.6) is 0 Å². The molecule has 4 heterocycles. The third kappa shape index (κ3) is 3.92. The first-order chi connectivity index (χ1) is 15.1. The molecule has 2 amide bonds. The molecule has 0 spiro atoms. The minimum atomic E-state index is -0.123. The van der Waals surface area contributed by atoms with Crippen molar-refractivity contribution in [2.24, 2.45) is 5.92 Å². The summed E-state index contributed by atoms with van der Waals surface area (Å²) >= 11 is 0. The topological polar surface area (TPSA) is 82.2 Å². The van der Waals surface area contributed by atoms with E-state index >= 15 is 0 Å². The highest BCUT2D eigenvalue weighted by Gasteiger charge is 2.35. The minimum absolute atomic E-state index is 0.0210. The summed E-state index contributed by atoms with van der Waals surface area (Å²) in [6, 6.07) is 9.56. The van der Waals surface area contributed by atoms with E-state index in [1.165, 1.54) is 0 Å². The van der Waals surface area contributed by atoms with E-state index in [0.29, 0.717) is 25.2 Å². The monoisotopic (exact) mass is 417 g/mol. The summed E-state index contributed by atoms with van der Waals surface area (Å²) in [6.07, 6.45) is 6.13. The van der Waals surface area contributed by atoms with Crippen LogP contribution in [-0.4, -0.2) is 62.7 Å². The summed E-state index contributed by atoms with van der Waals surface area (Å²) in [4.78, 5) is 42.1. The number of rotatable bonds is 3. The molecule has 1 aromatic carbocycles. The van der Waals surface area contributed by atoms with Gasteiger partial charge in [0.15, 0.2) is 0 Å².